The minimum atomic E-state index is 0.0842. The molecule has 0 aliphatic rings. The van der Waals surface area contributed by atoms with Gasteiger partial charge in [0.25, 0.3) is 5.56 Å². The van der Waals surface area contributed by atoms with Crippen LogP contribution in [-0.4, -0.2) is 4.57 Å². The fourth-order valence-corrected chi connectivity index (χ4v) is 3.32. The van der Waals surface area contributed by atoms with Gasteiger partial charge in [-0.15, -0.1) is 0 Å². The average molecular weight is 291 g/mol. The molecule has 0 saturated carbocycles. The number of pyridine rings is 1. The summed E-state index contributed by atoms with van der Waals surface area (Å²) in [6, 6.07) is 14.4. The fourth-order valence-electron chi connectivity index (χ4n) is 3.32. The number of hydrogen-bond donors (Lipinski definition) is 0. The van der Waals surface area contributed by atoms with E-state index >= 15 is 0 Å². The van der Waals surface area contributed by atoms with Crippen LogP contribution in [0.3, 0.4) is 0 Å². The highest BCUT2D eigenvalue weighted by Gasteiger charge is 2.16. The van der Waals surface area contributed by atoms with E-state index in [1.165, 1.54) is 22.3 Å². The second kappa shape index (κ2) is 5.45. The van der Waals surface area contributed by atoms with E-state index in [9.17, 15) is 4.79 Å². The van der Waals surface area contributed by atoms with Crippen molar-refractivity contribution in [1.82, 2.24) is 4.57 Å². The Labute approximate surface area is 131 Å². The van der Waals surface area contributed by atoms with Crippen LogP contribution in [0.1, 0.15) is 23.7 Å². The van der Waals surface area contributed by atoms with Crippen molar-refractivity contribution in [1.29, 1.82) is 0 Å². The molecule has 0 aliphatic carbocycles. The van der Waals surface area contributed by atoms with Gasteiger partial charge in [-0.05, 0) is 42.8 Å². The van der Waals surface area contributed by atoms with Crippen LogP contribution in [-0.2, 0) is 13.5 Å². The average Bonchev–Trinajstić information content (AvgIpc) is 2.51. The Hall–Kier alpha value is -2.35. The Morgan fingerprint density at radius 2 is 1.68 bits per heavy atom. The maximum absolute atomic E-state index is 12.6. The lowest BCUT2D eigenvalue weighted by molar-refractivity contribution is 0.795. The van der Waals surface area contributed by atoms with E-state index in [0.29, 0.717) is 0 Å². The molecule has 2 nitrogen and oxygen atoms in total. The predicted octanol–water partition coefficient (Wildman–Crippen LogP) is 4.38. The summed E-state index contributed by atoms with van der Waals surface area (Å²) in [5.74, 6) is 0. The third-order valence-corrected chi connectivity index (χ3v) is 4.41. The molecular weight excluding hydrogens is 270 g/mol. The molecule has 2 aromatic carbocycles. The highest BCUT2D eigenvalue weighted by atomic mass is 16.1. The van der Waals surface area contributed by atoms with Crippen LogP contribution in [0.15, 0.2) is 47.3 Å². The van der Waals surface area contributed by atoms with Crippen LogP contribution in [0.2, 0.25) is 0 Å². The zero-order valence-corrected chi connectivity index (χ0v) is 13.6. The molecule has 0 atom stereocenters. The number of aromatic nitrogens is 1. The lowest BCUT2D eigenvalue weighted by Crippen LogP contribution is -2.21. The molecule has 0 saturated heterocycles. The SMILES string of the molecule is CCc1c(-c2ccc(C)cc2C)c2ccccc2c(=O)n1C. The fraction of sp³-hybridized carbons (Fsp3) is 0.250. The van der Waals surface area contributed by atoms with Gasteiger partial charge in [-0.25, -0.2) is 0 Å². The van der Waals surface area contributed by atoms with Crippen LogP contribution in [0.25, 0.3) is 21.9 Å². The summed E-state index contributed by atoms with van der Waals surface area (Å²) < 4.78 is 1.80. The molecule has 0 radical (unpaired) electrons. The maximum atomic E-state index is 12.6. The quantitative estimate of drug-likeness (QED) is 0.686. The molecule has 1 heterocycles. The molecule has 1 aromatic heterocycles. The van der Waals surface area contributed by atoms with Crippen LogP contribution < -0.4 is 5.56 Å². The summed E-state index contributed by atoms with van der Waals surface area (Å²) in [4.78, 5) is 12.6. The standard InChI is InChI=1S/C20H21NO/c1-5-18-19(15-11-10-13(2)12-14(15)3)16-8-6-7-9-17(16)20(22)21(18)4/h6-12H,5H2,1-4H3. The van der Waals surface area contributed by atoms with E-state index in [1.807, 2.05) is 25.2 Å². The molecule has 3 rings (SSSR count). The number of aryl methyl sites for hydroxylation is 2. The molecular formula is C20H21NO. The van der Waals surface area contributed by atoms with E-state index in [-0.39, 0.29) is 5.56 Å². The number of rotatable bonds is 2. The van der Waals surface area contributed by atoms with Gasteiger partial charge in [-0.2, -0.15) is 0 Å². The predicted molar refractivity (Wildman–Crippen MR) is 93.5 cm³/mol. The second-order valence-electron chi connectivity index (χ2n) is 5.90. The first kappa shape index (κ1) is 14.6. The van der Waals surface area contributed by atoms with Crippen molar-refractivity contribution >= 4 is 10.8 Å². The summed E-state index contributed by atoms with van der Waals surface area (Å²) in [5, 5.41) is 1.84. The van der Waals surface area contributed by atoms with E-state index in [2.05, 4.69) is 45.0 Å². The molecule has 0 N–H and O–H groups in total. The summed E-state index contributed by atoms with van der Waals surface area (Å²) >= 11 is 0. The third kappa shape index (κ3) is 2.16. The van der Waals surface area contributed by atoms with Gasteiger partial charge in [0.1, 0.15) is 0 Å². The number of nitrogens with zero attached hydrogens (tertiary/aromatic N) is 1. The van der Waals surface area contributed by atoms with E-state index < -0.39 is 0 Å². The molecule has 0 amide bonds. The van der Waals surface area contributed by atoms with Gasteiger partial charge < -0.3 is 4.57 Å². The molecule has 112 valence electrons. The minimum Gasteiger partial charge on any atom is -0.315 e. The van der Waals surface area contributed by atoms with Crippen LogP contribution >= 0.6 is 0 Å². The monoisotopic (exact) mass is 291 g/mol. The van der Waals surface area contributed by atoms with Crippen molar-refractivity contribution in [3.05, 3.63) is 69.6 Å². The first-order chi connectivity index (χ1) is 10.5. The molecule has 0 fully saturated rings. The van der Waals surface area contributed by atoms with Crippen molar-refractivity contribution < 1.29 is 0 Å². The van der Waals surface area contributed by atoms with Crippen molar-refractivity contribution in [2.75, 3.05) is 0 Å². The van der Waals surface area contributed by atoms with Gasteiger partial charge in [0.2, 0.25) is 0 Å². The Kier molecular flexibility index (Phi) is 3.61. The normalized spacial score (nSPS) is 11.1. The Bertz CT molecular complexity index is 919. The van der Waals surface area contributed by atoms with Gasteiger partial charge in [0.15, 0.2) is 0 Å². The highest BCUT2D eigenvalue weighted by molar-refractivity contribution is 5.98. The number of fused-ring (bicyclic) bond motifs is 1. The summed E-state index contributed by atoms with van der Waals surface area (Å²) in [7, 11) is 1.88. The minimum absolute atomic E-state index is 0.0842. The van der Waals surface area contributed by atoms with Crippen molar-refractivity contribution in [2.45, 2.75) is 27.2 Å². The van der Waals surface area contributed by atoms with Crippen molar-refractivity contribution in [3.8, 4) is 11.1 Å². The third-order valence-electron chi connectivity index (χ3n) is 4.41. The van der Waals surface area contributed by atoms with Gasteiger partial charge in [0, 0.05) is 23.7 Å². The van der Waals surface area contributed by atoms with E-state index in [0.717, 1.165) is 22.9 Å². The Morgan fingerprint density at radius 3 is 2.32 bits per heavy atom. The first-order valence-electron chi connectivity index (χ1n) is 7.72. The zero-order valence-electron chi connectivity index (χ0n) is 13.6. The smallest absolute Gasteiger partial charge is 0.258 e. The van der Waals surface area contributed by atoms with Gasteiger partial charge in [-0.3, -0.25) is 4.79 Å². The Balaban J connectivity index is 2.52. The maximum Gasteiger partial charge on any atom is 0.258 e. The van der Waals surface area contributed by atoms with E-state index in [1.54, 1.807) is 4.57 Å². The topological polar surface area (TPSA) is 22.0 Å². The van der Waals surface area contributed by atoms with Crippen LogP contribution in [0, 0.1) is 13.8 Å². The summed E-state index contributed by atoms with van der Waals surface area (Å²) in [6.45, 7) is 6.36. The molecule has 3 aromatic rings. The van der Waals surface area contributed by atoms with E-state index in [4.69, 9.17) is 0 Å². The van der Waals surface area contributed by atoms with Gasteiger partial charge >= 0.3 is 0 Å². The summed E-state index contributed by atoms with van der Waals surface area (Å²) in [5.41, 5.74) is 6.09. The lowest BCUT2D eigenvalue weighted by Gasteiger charge is -2.18. The lowest BCUT2D eigenvalue weighted by atomic mass is 9.92. The van der Waals surface area contributed by atoms with Crippen LogP contribution in [0.4, 0.5) is 0 Å². The van der Waals surface area contributed by atoms with Crippen molar-refractivity contribution in [3.63, 3.8) is 0 Å². The molecule has 22 heavy (non-hydrogen) atoms. The summed E-state index contributed by atoms with van der Waals surface area (Å²) in [6.07, 6.45) is 0.833. The van der Waals surface area contributed by atoms with Gasteiger partial charge in [-0.1, -0.05) is 48.9 Å². The molecule has 0 spiro atoms. The van der Waals surface area contributed by atoms with Crippen molar-refractivity contribution in [2.24, 2.45) is 7.05 Å². The molecule has 0 bridgehead atoms. The first-order valence-corrected chi connectivity index (χ1v) is 7.72. The van der Waals surface area contributed by atoms with Gasteiger partial charge in [0.05, 0.1) is 0 Å². The number of benzene rings is 2. The second-order valence-corrected chi connectivity index (χ2v) is 5.90. The Morgan fingerprint density at radius 1 is 1.00 bits per heavy atom. The molecule has 0 aliphatic heterocycles. The van der Waals surface area contributed by atoms with Crippen LogP contribution in [0.5, 0.6) is 0 Å². The zero-order chi connectivity index (χ0) is 15.9. The number of hydrogen-bond acceptors (Lipinski definition) is 1. The molecule has 2 heteroatoms. The molecule has 0 unspecified atom stereocenters. The highest BCUT2D eigenvalue weighted by Crippen LogP contribution is 2.33. The largest absolute Gasteiger partial charge is 0.315 e.